The van der Waals surface area contributed by atoms with Gasteiger partial charge in [0.1, 0.15) is 11.5 Å². The molecular weight excluding hydrogens is 212 g/mol. The minimum atomic E-state index is -0.195. The smallest absolute Gasteiger partial charge is 0.127 e. The molecule has 0 saturated carbocycles. The van der Waals surface area contributed by atoms with Gasteiger partial charge in [0, 0.05) is 11.6 Å². The average molecular weight is 220 g/mol. The van der Waals surface area contributed by atoms with E-state index >= 15 is 0 Å². The van der Waals surface area contributed by atoms with Crippen LogP contribution in [0.1, 0.15) is 5.56 Å². The number of nitrogens with zero attached hydrogens (tertiary/aromatic N) is 1. The van der Waals surface area contributed by atoms with Crippen LogP contribution in [0.4, 0.5) is 0 Å². The van der Waals surface area contributed by atoms with Gasteiger partial charge in [0.25, 0.3) is 0 Å². The number of phenols is 2. The van der Waals surface area contributed by atoms with Crippen molar-refractivity contribution in [2.75, 3.05) is 0 Å². The van der Waals surface area contributed by atoms with Crippen molar-refractivity contribution in [2.24, 2.45) is 5.73 Å². The number of hydrogen-bond donors (Lipinski definition) is 3. The Morgan fingerprint density at radius 1 is 1.47 bits per heavy atom. The van der Waals surface area contributed by atoms with E-state index < -0.39 is 0 Å². The van der Waals surface area contributed by atoms with E-state index in [0.29, 0.717) is 0 Å². The predicted octanol–water partition coefficient (Wildman–Crippen LogP) is 1.29. The van der Waals surface area contributed by atoms with Gasteiger partial charge in [-0.15, -0.1) is 0 Å². The highest BCUT2D eigenvalue weighted by molar-refractivity contribution is 7.80. The monoisotopic (exact) mass is 220 g/mol. The molecule has 15 heavy (non-hydrogen) atoms. The third kappa shape index (κ3) is 2.69. The van der Waals surface area contributed by atoms with Gasteiger partial charge in [-0.05, 0) is 18.2 Å². The van der Waals surface area contributed by atoms with Crippen molar-refractivity contribution in [3.63, 3.8) is 0 Å². The molecule has 76 valence electrons. The molecule has 0 unspecified atom stereocenters. The van der Waals surface area contributed by atoms with Gasteiger partial charge in [-0.1, -0.05) is 12.2 Å². The Balaban J connectivity index is 3.27. The summed E-state index contributed by atoms with van der Waals surface area (Å²) in [6.45, 7) is 0. The minimum absolute atomic E-state index is 0.0547. The first-order valence-corrected chi connectivity index (χ1v) is 4.39. The van der Waals surface area contributed by atoms with Gasteiger partial charge >= 0.3 is 0 Å². The van der Waals surface area contributed by atoms with Crippen LogP contribution < -0.4 is 5.73 Å². The maximum Gasteiger partial charge on any atom is 0.127 e. The van der Waals surface area contributed by atoms with Crippen LogP contribution in [0, 0.1) is 11.3 Å². The van der Waals surface area contributed by atoms with E-state index in [-0.39, 0.29) is 27.6 Å². The zero-order chi connectivity index (χ0) is 11.4. The molecule has 1 aromatic rings. The molecule has 5 heteroatoms. The third-order valence-electron chi connectivity index (χ3n) is 1.68. The van der Waals surface area contributed by atoms with Crippen LogP contribution in [0.3, 0.4) is 0 Å². The molecule has 1 rings (SSSR count). The normalized spacial score (nSPS) is 10.7. The quantitative estimate of drug-likeness (QED) is 0.397. The van der Waals surface area contributed by atoms with E-state index in [9.17, 15) is 5.11 Å². The van der Waals surface area contributed by atoms with Gasteiger partial charge in [-0.3, -0.25) is 0 Å². The molecule has 0 atom stereocenters. The van der Waals surface area contributed by atoms with Crippen molar-refractivity contribution in [1.82, 2.24) is 0 Å². The first kappa shape index (κ1) is 11.0. The Labute approximate surface area is 91.9 Å². The minimum Gasteiger partial charge on any atom is -0.508 e. The molecule has 0 aliphatic carbocycles. The van der Waals surface area contributed by atoms with Crippen molar-refractivity contribution in [1.29, 1.82) is 5.26 Å². The summed E-state index contributed by atoms with van der Waals surface area (Å²) >= 11 is 4.63. The van der Waals surface area contributed by atoms with Crippen LogP contribution in [-0.2, 0) is 0 Å². The molecule has 0 spiro atoms. The number of nitriles is 1. The van der Waals surface area contributed by atoms with Crippen LogP contribution in [-0.4, -0.2) is 15.2 Å². The predicted molar refractivity (Wildman–Crippen MR) is 60.1 cm³/mol. The fourth-order valence-corrected chi connectivity index (χ4v) is 1.18. The topological polar surface area (TPSA) is 90.3 Å². The summed E-state index contributed by atoms with van der Waals surface area (Å²) in [6.07, 6.45) is 1.28. The van der Waals surface area contributed by atoms with Crippen molar-refractivity contribution < 1.29 is 10.2 Å². The van der Waals surface area contributed by atoms with Crippen molar-refractivity contribution in [3.8, 4) is 17.6 Å². The molecule has 4 N–H and O–H groups in total. The van der Waals surface area contributed by atoms with Gasteiger partial charge in [0.2, 0.25) is 0 Å². The maximum absolute atomic E-state index is 9.47. The fourth-order valence-electron chi connectivity index (χ4n) is 1.06. The SMILES string of the molecule is N#CC(=CC(N)=S)c1ccc(O)cc1O. The maximum atomic E-state index is 9.47. The highest BCUT2D eigenvalue weighted by Gasteiger charge is 2.07. The molecule has 0 amide bonds. The van der Waals surface area contributed by atoms with E-state index in [4.69, 9.17) is 16.1 Å². The molecule has 0 bridgehead atoms. The van der Waals surface area contributed by atoms with Crippen molar-refractivity contribution in [3.05, 3.63) is 29.8 Å². The van der Waals surface area contributed by atoms with E-state index in [1.807, 2.05) is 6.07 Å². The number of allylic oxidation sites excluding steroid dienone is 1. The van der Waals surface area contributed by atoms with Crippen molar-refractivity contribution in [2.45, 2.75) is 0 Å². The number of thiocarbonyl (C=S) groups is 1. The first-order valence-electron chi connectivity index (χ1n) is 3.98. The molecule has 0 aromatic heterocycles. The Kier molecular flexibility index (Phi) is 3.26. The molecule has 0 radical (unpaired) electrons. The largest absolute Gasteiger partial charge is 0.508 e. The molecule has 0 aliphatic heterocycles. The van der Waals surface area contributed by atoms with Crippen LogP contribution in [0.25, 0.3) is 5.57 Å². The summed E-state index contributed by atoms with van der Waals surface area (Å²) in [4.78, 5) is 0.0547. The van der Waals surface area contributed by atoms with Crippen molar-refractivity contribution >= 4 is 22.8 Å². The molecule has 4 nitrogen and oxygen atoms in total. The zero-order valence-electron chi connectivity index (χ0n) is 7.64. The molecule has 0 fully saturated rings. The summed E-state index contributed by atoms with van der Waals surface area (Å²) in [5.41, 5.74) is 5.69. The van der Waals surface area contributed by atoms with Gasteiger partial charge in [0.05, 0.1) is 16.6 Å². The van der Waals surface area contributed by atoms with Crippen LogP contribution in [0.2, 0.25) is 0 Å². The van der Waals surface area contributed by atoms with E-state index in [0.717, 1.165) is 6.07 Å². The fraction of sp³-hybridized carbons (Fsp3) is 0. The van der Waals surface area contributed by atoms with Gasteiger partial charge < -0.3 is 15.9 Å². The van der Waals surface area contributed by atoms with Crippen LogP contribution in [0.15, 0.2) is 24.3 Å². The second-order valence-corrected chi connectivity index (χ2v) is 3.25. The third-order valence-corrected chi connectivity index (χ3v) is 1.80. The van der Waals surface area contributed by atoms with Gasteiger partial charge in [-0.25, -0.2) is 0 Å². The molecule has 0 aliphatic rings. The summed E-state index contributed by atoms with van der Waals surface area (Å²) in [5.74, 6) is -0.275. The lowest BCUT2D eigenvalue weighted by molar-refractivity contribution is 0.449. The van der Waals surface area contributed by atoms with Crippen LogP contribution >= 0.6 is 12.2 Å². The number of aromatic hydroxyl groups is 2. The summed E-state index contributed by atoms with van der Waals surface area (Å²) in [6, 6.07) is 5.78. The van der Waals surface area contributed by atoms with E-state index in [1.54, 1.807) is 0 Å². The standard InChI is InChI=1S/C10H8N2O2S/c11-5-6(3-10(12)15)8-2-1-7(13)4-9(8)14/h1-4,13-14H,(H2,12,15). The summed E-state index contributed by atoms with van der Waals surface area (Å²) in [7, 11) is 0. The first-order chi connectivity index (χ1) is 7.04. The molecule has 1 aromatic carbocycles. The Hall–Kier alpha value is -2.06. The van der Waals surface area contributed by atoms with Gasteiger partial charge in [-0.2, -0.15) is 5.26 Å². The zero-order valence-corrected chi connectivity index (χ0v) is 8.45. The number of nitrogens with two attached hydrogens (primary N) is 1. The highest BCUT2D eigenvalue weighted by atomic mass is 32.1. The second-order valence-electron chi connectivity index (χ2n) is 2.77. The Morgan fingerprint density at radius 3 is 2.60 bits per heavy atom. The molecular formula is C10H8N2O2S. The summed E-state index contributed by atoms with van der Waals surface area (Å²) < 4.78 is 0. The van der Waals surface area contributed by atoms with E-state index in [2.05, 4.69) is 12.2 Å². The average Bonchev–Trinajstić information content (AvgIpc) is 2.14. The van der Waals surface area contributed by atoms with Gasteiger partial charge in [0.15, 0.2) is 0 Å². The number of phenolic OH excluding ortho intramolecular Hbond substituents is 2. The Morgan fingerprint density at radius 2 is 2.13 bits per heavy atom. The molecule has 0 heterocycles. The molecule has 0 saturated heterocycles. The lowest BCUT2D eigenvalue weighted by atomic mass is 10.1. The Bertz CT molecular complexity index is 475. The lowest BCUT2D eigenvalue weighted by Gasteiger charge is -2.02. The lowest BCUT2D eigenvalue weighted by Crippen LogP contribution is -2.03. The number of hydrogen-bond acceptors (Lipinski definition) is 4. The number of benzene rings is 1. The number of rotatable bonds is 2. The second kappa shape index (κ2) is 4.44. The van der Waals surface area contributed by atoms with E-state index in [1.165, 1.54) is 18.2 Å². The van der Waals surface area contributed by atoms with Crippen LogP contribution in [0.5, 0.6) is 11.5 Å². The highest BCUT2D eigenvalue weighted by Crippen LogP contribution is 2.28. The summed E-state index contributed by atoms with van der Waals surface area (Å²) in [5, 5.41) is 27.3.